The lowest BCUT2D eigenvalue weighted by molar-refractivity contribution is 0.552. The van der Waals surface area contributed by atoms with Crippen LogP contribution in [-0.2, 0) is 0 Å². The Labute approximate surface area is 244 Å². The van der Waals surface area contributed by atoms with E-state index in [1.54, 1.807) is 0 Å². The minimum atomic E-state index is -1.81. The summed E-state index contributed by atoms with van der Waals surface area (Å²) in [6, 6.07) is 0. The van der Waals surface area contributed by atoms with Gasteiger partial charge in [0.25, 0.3) is 0 Å². The molecule has 208 valence electrons. The minimum absolute atomic E-state index is 0.125. The Kier molecular flexibility index (Phi) is 9.50. The highest BCUT2D eigenvalue weighted by atomic mass is 28.3. The molecule has 0 radical (unpaired) electrons. The highest BCUT2D eigenvalue weighted by Crippen LogP contribution is 2.80. The molecule has 0 saturated heterocycles. The van der Waals surface area contributed by atoms with Gasteiger partial charge in [0.1, 0.15) is 16.1 Å². The van der Waals surface area contributed by atoms with Gasteiger partial charge in [0.2, 0.25) is 0 Å². The second-order valence-corrected chi connectivity index (χ2v) is 25.2. The van der Waals surface area contributed by atoms with Crippen LogP contribution in [0.5, 0.6) is 0 Å². The van der Waals surface area contributed by atoms with Crippen molar-refractivity contribution in [3.05, 3.63) is 35.5 Å². The van der Waals surface area contributed by atoms with E-state index < -0.39 is 16.1 Å². The zero-order chi connectivity index (χ0) is 29.2. The van der Waals surface area contributed by atoms with Crippen LogP contribution < -0.4 is 0 Å². The highest BCUT2D eigenvalue weighted by Gasteiger charge is 2.73. The van der Waals surface area contributed by atoms with Gasteiger partial charge in [-0.25, -0.2) is 0 Å². The molecule has 3 aliphatic carbocycles. The van der Waals surface area contributed by atoms with Gasteiger partial charge >= 0.3 is 0 Å². The molecule has 2 atom stereocenters. The first-order valence-electron chi connectivity index (χ1n) is 15.4. The van der Waals surface area contributed by atoms with Crippen molar-refractivity contribution in [1.29, 1.82) is 0 Å². The Hall–Kier alpha value is -2.11. The molecule has 0 nitrogen and oxygen atoms in total. The third-order valence-corrected chi connectivity index (χ3v) is 23.3. The fraction of sp³-hybridized carbons (Fsp3) is 0.622. The molecule has 0 heterocycles. The molecule has 0 aliphatic heterocycles. The second-order valence-electron chi connectivity index (χ2n) is 14.1. The van der Waals surface area contributed by atoms with Crippen LogP contribution in [0.25, 0.3) is 0 Å². The van der Waals surface area contributed by atoms with Gasteiger partial charge in [0.05, 0.1) is 5.57 Å². The first kappa shape index (κ1) is 31.4. The van der Waals surface area contributed by atoms with E-state index in [9.17, 15) is 0 Å². The largest absolute Gasteiger partial charge is 0.147 e. The molecular weight excluding hydrogens is 501 g/mol. The van der Waals surface area contributed by atoms with E-state index in [0.717, 1.165) is 5.57 Å². The summed E-state index contributed by atoms with van der Waals surface area (Å²) in [5, 5.41) is 0. The van der Waals surface area contributed by atoms with Crippen LogP contribution >= 0.6 is 0 Å². The van der Waals surface area contributed by atoms with E-state index in [-0.39, 0.29) is 10.8 Å². The standard InChI is InChI=1S/C37H52Si2/c1-28(2)38(29(3)4,30(5)6)26-17-13-20-34(35-36-22-15-16-23-37(35,36)25-19-24-36)21-14-18-27-39(31(7)8,32(9)10)33(11)12/h15-16,22-23,28-33H,19,24-25H2,1-12H3. The van der Waals surface area contributed by atoms with Crippen LogP contribution in [0.3, 0.4) is 0 Å². The van der Waals surface area contributed by atoms with Crippen molar-refractivity contribution in [1.82, 2.24) is 0 Å². The van der Waals surface area contributed by atoms with E-state index in [2.05, 4.69) is 154 Å². The number of allylic oxidation sites excluding steroid dienone is 6. The summed E-state index contributed by atoms with van der Waals surface area (Å²) in [7, 11) is -3.62. The fourth-order valence-corrected chi connectivity index (χ4v) is 19.2. The Morgan fingerprint density at radius 2 is 0.897 bits per heavy atom. The summed E-state index contributed by atoms with van der Waals surface area (Å²) in [6.07, 6.45) is 12.9. The average Bonchev–Trinajstić information content (AvgIpc) is 3.22. The summed E-state index contributed by atoms with van der Waals surface area (Å²) in [4.78, 5) is 0. The first-order chi connectivity index (χ1) is 18.3. The van der Waals surface area contributed by atoms with Crippen LogP contribution in [0.15, 0.2) is 35.5 Å². The highest BCUT2D eigenvalue weighted by molar-refractivity contribution is 6.91. The lowest BCUT2D eigenvalue weighted by atomic mass is 9.92. The summed E-state index contributed by atoms with van der Waals surface area (Å²) in [5.74, 6) is 20.3. The van der Waals surface area contributed by atoms with Gasteiger partial charge in [-0.15, -0.1) is 11.1 Å². The smallest absolute Gasteiger partial charge is 0.116 e. The molecule has 2 saturated carbocycles. The molecule has 0 aromatic heterocycles. The third-order valence-electron chi connectivity index (χ3n) is 10.7. The quantitative estimate of drug-likeness (QED) is 0.227. The van der Waals surface area contributed by atoms with Crippen molar-refractivity contribution in [2.24, 2.45) is 10.8 Å². The molecule has 0 aromatic rings. The maximum atomic E-state index is 3.77. The number of hydrogen-bond acceptors (Lipinski definition) is 0. The normalized spacial score (nSPS) is 23.1. The van der Waals surface area contributed by atoms with Gasteiger partial charge in [-0.05, 0) is 87.2 Å². The number of rotatable bonds is 6. The van der Waals surface area contributed by atoms with Crippen molar-refractivity contribution in [2.45, 2.75) is 136 Å². The van der Waals surface area contributed by atoms with Crippen LogP contribution in [-0.4, -0.2) is 16.1 Å². The third kappa shape index (κ3) is 5.10. The van der Waals surface area contributed by atoms with Crippen LogP contribution in [0.4, 0.5) is 0 Å². The van der Waals surface area contributed by atoms with E-state index in [0.29, 0.717) is 33.2 Å². The first-order valence-corrected chi connectivity index (χ1v) is 19.9. The average molecular weight is 553 g/mol. The number of hydrogen-bond donors (Lipinski definition) is 0. The monoisotopic (exact) mass is 552 g/mol. The van der Waals surface area contributed by atoms with E-state index in [1.807, 2.05) is 0 Å². The zero-order valence-electron chi connectivity index (χ0n) is 26.9. The van der Waals surface area contributed by atoms with Gasteiger partial charge in [0.15, 0.2) is 0 Å². The second kappa shape index (κ2) is 11.8. The molecular formula is C37H52Si2. The molecule has 2 heteroatoms. The molecule has 0 amide bonds. The van der Waals surface area contributed by atoms with Gasteiger partial charge in [-0.2, -0.15) is 0 Å². The summed E-state index contributed by atoms with van der Waals surface area (Å²) < 4.78 is 0. The van der Waals surface area contributed by atoms with Crippen LogP contribution in [0.2, 0.25) is 33.2 Å². The van der Waals surface area contributed by atoms with Gasteiger partial charge in [0, 0.05) is 10.8 Å². The fourth-order valence-electron chi connectivity index (χ4n) is 8.91. The van der Waals surface area contributed by atoms with E-state index in [1.165, 1.54) is 24.8 Å². The summed E-state index contributed by atoms with van der Waals surface area (Å²) in [5.41, 5.74) is 13.8. The van der Waals surface area contributed by atoms with E-state index in [4.69, 9.17) is 0 Å². The Morgan fingerprint density at radius 3 is 1.21 bits per heavy atom. The Balaban J connectivity index is 2.12. The molecule has 2 unspecified atom stereocenters. The Bertz CT molecular complexity index is 1140. The molecule has 0 aromatic carbocycles. The lowest BCUT2D eigenvalue weighted by Gasteiger charge is -2.37. The summed E-state index contributed by atoms with van der Waals surface area (Å²) in [6.45, 7) is 28.3. The molecule has 0 spiro atoms. The topological polar surface area (TPSA) is 0 Å². The predicted molar refractivity (Wildman–Crippen MR) is 177 cm³/mol. The lowest BCUT2D eigenvalue weighted by Crippen LogP contribution is -2.43. The van der Waals surface area contributed by atoms with Gasteiger partial charge < -0.3 is 0 Å². The summed E-state index contributed by atoms with van der Waals surface area (Å²) >= 11 is 0. The molecule has 39 heavy (non-hydrogen) atoms. The molecule has 2 fully saturated rings. The van der Waals surface area contributed by atoms with Crippen molar-refractivity contribution in [3.63, 3.8) is 0 Å². The van der Waals surface area contributed by atoms with Crippen LogP contribution in [0, 0.1) is 57.4 Å². The maximum absolute atomic E-state index is 3.77. The molecule has 0 bridgehead atoms. The zero-order valence-corrected chi connectivity index (χ0v) is 28.9. The molecule has 3 aliphatic rings. The van der Waals surface area contributed by atoms with Crippen molar-refractivity contribution in [3.8, 4) is 46.6 Å². The van der Waals surface area contributed by atoms with Gasteiger partial charge in [-0.1, -0.05) is 114 Å². The minimum Gasteiger partial charge on any atom is -0.116 e. The predicted octanol–water partition coefficient (Wildman–Crippen LogP) is 10.0. The molecule has 0 N–H and O–H groups in total. The molecule has 3 rings (SSSR count). The van der Waals surface area contributed by atoms with Crippen molar-refractivity contribution < 1.29 is 0 Å². The van der Waals surface area contributed by atoms with Gasteiger partial charge in [-0.3, -0.25) is 0 Å². The van der Waals surface area contributed by atoms with Crippen molar-refractivity contribution in [2.75, 3.05) is 0 Å². The van der Waals surface area contributed by atoms with Crippen LogP contribution in [0.1, 0.15) is 102 Å². The van der Waals surface area contributed by atoms with E-state index >= 15 is 0 Å². The van der Waals surface area contributed by atoms with Crippen molar-refractivity contribution >= 4 is 16.1 Å². The SMILES string of the molecule is CC(C)[Si](C#CC#CC(C#CC#C[Si](C(C)C)(C(C)C)C(C)C)=C1C23C=CC=CC12CCC3)(C(C)C)C(C)C. The Morgan fingerprint density at radius 1 is 0.564 bits per heavy atom. The maximum Gasteiger partial charge on any atom is 0.147 e.